The number of hydrogen-bond donors (Lipinski definition) is 0. The summed E-state index contributed by atoms with van der Waals surface area (Å²) in [6.45, 7) is 0. The van der Waals surface area contributed by atoms with Gasteiger partial charge in [-0.15, -0.1) is 0 Å². The Kier molecular flexibility index (Phi) is 300. The van der Waals surface area contributed by atoms with Crippen molar-refractivity contribution in [3.63, 3.8) is 0 Å². The minimum atomic E-state index is 0. The van der Waals surface area contributed by atoms with Gasteiger partial charge in [-0.1, -0.05) is 0 Å². The molecule has 0 fully saturated rings. The van der Waals surface area contributed by atoms with Gasteiger partial charge in [0.25, 0.3) is 0 Å². The molecule has 31 valence electrons. The van der Waals surface area contributed by atoms with E-state index in [0.29, 0.717) is 0 Å². The van der Waals surface area contributed by atoms with Crippen LogP contribution in [0.5, 0.6) is 0 Å². The Labute approximate surface area is 52.1 Å². The van der Waals surface area contributed by atoms with Crippen LogP contribution in [0.1, 0.15) is 0 Å². The van der Waals surface area contributed by atoms with E-state index >= 15 is 0 Å². The molecule has 4 heteroatoms. The van der Waals surface area contributed by atoms with Crippen molar-refractivity contribution in [2.45, 2.75) is 0 Å². The van der Waals surface area contributed by atoms with Crippen molar-refractivity contribution in [3.8, 4) is 0 Å². The maximum Gasteiger partial charge on any atom is 0.0814 e. The Morgan fingerprint density at radius 2 is 1.00 bits per heavy atom. The van der Waals surface area contributed by atoms with Gasteiger partial charge < -0.3 is 0 Å². The standard InChI is InChI=1S/BH3.Mn.Ni.H3P/h1H3;;;1H3. The van der Waals surface area contributed by atoms with Crippen LogP contribution in [0.4, 0.5) is 0 Å². The van der Waals surface area contributed by atoms with E-state index in [0.717, 1.165) is 0 Å². The fourth-order valence-corrected chi connectivity index (χ4v) is 0. The fraction of sp³-hybridized carbons (Fsp3) is 0. The first-order valence-electron chi connectivity index (χ1n) is 0. The van der Waals surface area contributed by atoms with E-state index in [1.165, 1.54) is 0 Å². The third kappa shape index (κ3) is 9.70. The van der Waals surface area contributed by atoms with Gasteiger partial charge in [0, 0.05) is 33.6 Å². The SMILES string of the molecule is B.P.[Mn].[Ni]. The van der Waals surface area contributed by atoms with Crippen molar-refractivity contribution < 1.29 is 33.6 Å². The Morgan fingerprint density at radius 3 is 1.00 bits per heavy atom. The van der Waals surface area contributed by atoms with E-state index in [1.54, 1.807) is 0 Å². The maximum absolute atomic E-state index is 0. The summed E-state index contributed by atoms with van der Waals surface area (Å²) in [7, 11) is 0. The van der Waals surface area contributed by atoms with E-state index in [1.807, 2.05) is 0 Å². The molecule has 0 aromatic rings. The third-order valence-electron chi connectivity index (χ3n) is 0. The van der Waals surface area contributed by atoms with E-state index in [2.05, 4.69) is 0 Å². The third-order valence-corrected chi connectivity index (χ3v) is 0. The molecule has 0 aliphatic heterocycles. The van der Waals surface area contributed by atoms with Crippen molar-refractivity contribution >= 4 is 18.3 Å². The smallest absolute Gasteiger partial charge is 0.0814 e. The molecule has 0 heterocycles. The van der Waals surface area contributed by atoms with Crippen LogP contribution in [0.2, 0.25) is 0 Å². The molecule has 0 aromatic carbocycles. The molecule has 0 aliphatic carbocycles. The Morgan fingerprint density at radius 1 is 1.00 bits per heavy atom. The summed E-state index contributed by atoms with van der Waals surface area (Å²) < 4.78 is 0. The van der Waals surface area contributed by atoms with Crippen molar-refractivity contribution in [1.82, 2.24) is 0 Å². The molecule has 0 saturated heterocycles. The molecule has 0 amide bonds. The Bertz CT molecular complexity index is 8.00. The molecular weight excluding hydrogens is 155 g/mol. The van der Waals surface area contributed by atoms with Crippen molar-refractivity contribution in [2.24, 2.45) is 0 Å². The number of rotatable bonds is 0. The molecule has 0 rings (SSSR count). The first kappa shape index (κ1) is 49.2. The molecule has 1 unspecified atom stereocenters. The summed E-state index contributed by atoms with van der Waals surface area (Å²) in [5.41, 5.74) is 0. The van der Waals surface area contributed by atoms with Gasteiger partial charge in [0.1, 0.15) is 0 Å². The first-order valence-corrected chi connectivity index (χ1v) is 0. The van der Waals surface area contributed by atoms with Crippen LogP contribution >= 0.6 is 9.90 Å². The van der Waals surface area contributed by atoms with E-state index in [9.17, 15) is 0 Å². The van der Waals surface area contributed by atoms with Gasteiger partial charge in [-0.3, -0.25) is 0 Å². The molecule has 4 heavy (non-hydrogen) atoms. The minimum Gasteiger partial charge on any atom is -0.153 e. The van der Waals surface area contributed by atoms with Crippen LogP contribution in [-0.4, -0.2) is 8.41 Å². The monoisotopic (exact) mass is 161 g/mol. The molecular formula is H6BMnNiP. The second-order valence-corrected chi connectivity index (χ2v) is 0. The van der Waals surface area contributed by atoms with E-state index in [-0.39, 0.29) is 51.9 Å². The van der Waals surface area contributed by atoms with Crippen LogP contribution in [0, 0.1) is 0 Å². The molecule has 0 aromatic heterocycles. The summed E-state index contributed by atoms with van der Waals surface area (Å²) >= 11 is 0. The Hall–Kier alpha value is 1.51. The number of hydrogen-bond acceptors (Lipinski definition) is 0. The second kappa shape index (κ2) is 24.4. The summed E-state index contributed by atoms with van der Waals surface area (Å²) in [5.74, 6) is 0. The van der Waals surface area contributed by atoms with Gasteiger partial charge >= 0.3 is 0 Å². The van der Waals surface area contributed by atoms with Crippen LogP contribution < -0.4 is 0 Å². The molecule has 1 atom stereocenters. The van der Waals surface area contributed by atoms with Crippen molar-refractivity contribution in [1.29, 1.82) is 0 Å². The zero-order valence-corrected chi connectivity index (χ0v) is 4.98. The predicted octanol–water partition coefficient (Wildman–Crippen LogP) is -1.13. The van der Waals surface area contributed by atoms with Gasteiger partial charge in [-0.05, 0) is 0 Å². The molecule has 0 nitrogen and oxygen atoms in total. The summed E-state index contributed by atoms with van der Waals surface area (Å²) in [6, 6.07) is 0. The normalized spacial score (nSPS) is 0. The topological polar surface area (TPSA) is 0 Å². The van der Waals surface area contributed by atoms with Crippen LogP contribution in [0.3, 0.4) is 0 Å². The first-order chi connectivity index (χ1) is 0. The van der Waals surface area contributed by atoms with Gasteiger partial charge in [0.05, 0.1) is 8.41 Å². The van der Waals surface area contributed by atoms with Crippen LogP contribution in [0.15, 0.2) is 0 Å². The molecule has 0 spiro atoms. The summed E-state index contributed by atoms with van der Waals surface area (Å²) in [5, 5.41) is 0. The summed E-state index contributed by atoms with van der Waals surface area (Å²) in [6.07, 6.45) is 0. The second-order valence-electron chi connectivity index (χ2n) is 0. The zero-order valence-electron chi connectivity index (χ0n) is 1.40. The van der Waals surface area contributed by atoms with Crippen LogP contribution in [-0.2, 0) is 33.6 Å². The van der Waals surface area contributed by atoms with Gasteiger partial charge in [0.15, 0.2) is 0 Å². The molecule has 0 aliphatic rings. The van der Waals surface area contributed by atoms with Crippen molar-refractivity contribution in [3.05, 3.63) is 0 Å². The molecule has 0 saturated carbocycles. The zero-order chi connectivity index (χ0) is 0. The molecule has 1 radical (unpaired) electrons. The largest absolute Gasteiger partial charge is 0.153 e. The predicted molar refractivity (Wildman–Crippen MR) is 21.0 cm³/mol. The van der Waals surface area contributed by atoms with Gasteiger partial charge in [-0.2, -0.15) is 9.90 Å². The average molecular weight is 161 g/mol. The average Bonchev–Trinajstić information content (AvgIpc) is 0. The van der Waals surface area contributed by atoms with E-state index in [4.69, 9.17) is 0 Å². The van der Waals surface area contributed by atoms with E-state index < -0.39 is 0 Å². The molecule has 0 bridgehead atoms. The van der Waals surface area contributed by atoms with Gasteiger partial charge in [-0.25, -0.2) is 0 Å². The van der Waals surface area contributed by atoms with Crippen LogP contribution in [0.25, 0.3) is 0 Å². The minimum absolute atomic E-state index is 0. The Balaban J connectivity index is 0. The summed E-state index contributed by atoms with van der Waals surface area (Å²) in [4.78, 5) is 0. The van der Waals surface area contributed by atoms with Gasteiger partial charge in [0.2, 0.25) is 0 Å². The van der Waals surface area contributed by atoms with Crippen molar-refractivity contribution in [2.75, 3.05) is 0 Å². The quantitative estimate of drug-likeness (QED) is 0.312. The maximum atomic E-state index is 0. The fourth-order valence-electron chi connectivity index (χ4n) is 0. The molecule has 0 N–H and O–H groups in total.